The number of hydrogen-bond donors (Lipinski definition) is 2. The molecule has 1 rings (SSSR count). The van der Waals surface area contributed by atoms with E-state index in [0.717, 1.165) is 5.56 Å². The monoisotopic (exact) mass is 233 g/mol. The Bertz CT molecular complexity index is 342. The largest absolute Gasteiger partial charge is 0.387 e. The zero-order valence-corrected chi connectivity index (χ0v) is 11.0. The maximum atomic E-state index is 10.4. The second-order valence-electron chi connectivity index (χ2n) is 4.82. The molecule has 0 radical (unpaired) electrons. The van der Waals surface area contributed by atoms with Crippen LogP contribution in [-0.4, -0.2) is 17.7 Å². The second kappa shape index (κ2) is 6.58. The van der Waals surface area contributed by atoms with Gasteiger partial charge in [0, 0.05) is 12.6 Å². The summed E-state index contributed by atoms with van der Waals surface area (Å²) in [5, 5.41) is 13.7. The number of rotatable bonds is 6. The van der Waals surface area contributed by atoms with Crippen LogP contribution in [0.5, 0.6) is 0 Å². The Morgan fingerprint density at radius 2 is 1.88 bits per heavy atom. The highest BCUT2D eigenvalue weighted by atomic mass is 16.3. The molecule has 2 N–H and O–H groups in total. The van der Waals surface area contributed by atoms with Crippen LogP contribution in [-0.2, 0) is 0 Å². The van der Waals surface area contributed by atoms with Crippen molar-refractivity contribution in [3.05, 3.63) is 48.0 Å². The van der Waals surface area contributed by atoms with Crippen LogP contribution in [0.3, 0.4) is 0 Å². The lowest BCUT2D eigenvalue weighted by molar-refractivity contribution is 0.107. The predicted octanol–water partition coefficient (Wildman–Crippen LogP) is 2.83. The van der Waals surface area contributed by atoms with E-state index in [9.17, 15) is 5.11 Å². The van der Waals surface area contributed by atoms with Gasteiger partial charge in [-0.25, -0.2) is 0 Å². The predicted molar refractivity (Wildman–Crippen MR) is 73.0 cm³/mol. The first kappa shape index (κ1) is 13.9. The van der Waals surface area contributed by atoms with Crippen LogP contribution in [0.2, 0.25) is 0 Å². The van der Waals surface area contributed by atoms with E-state index in [1.165, 1.54) is 5.56 Å². The Labute approximate surface area is 104 Å². The smallest absolute Gasteiger partial charge is 0.0945 e. The van der Waals surface area contributed by atoms with Gasteiger partial charge in [-0.3, -0.25) is 0 Å². The highest BCUT2D eigenvalue weighted by Crippen LogP contribution is 2.22. The molecule has 0 aliphatic rings. The molecule has 0 spiro atoms. The molecule has 17 heavy (non-hydrogen) atoms. The van der Waals surface area contributed by atoms with Gasteiger partial charge in [0.15, 0.2) is 0 Å². The number of aliphatic hydroxyl groups excluding tert-OH is 1. The van der Waals surface area contributed by atoms with Gasteiger partial charge in [0.1, 0.15) is 0 Å². The van der Waals surface area contributed by atoms with E-state index < -0.39 is 6.10 Å². The lowest BCUT2D eigenvalue weighted by Gasteiger charge is -2.27. The molecule has 0 aliphatic carbocycles. The Kier molecular flexibility index (Phi) is 5.39. The summed E-state index contributed by atoms with van der Waals surface area (Å²) in [6, 6.07) is 8.10. The Balaban J connectivity index is 2.79. The first-order chi connectivity index (χ1) is 8.06. The van der Waals surface area contributed by atoms with Crippen molar-refractivity contribution >= 4 is 0 Å². The molecule has 2 atom stereocenters. The SMILES string of the molecule is C=CCNC(C(C)C)C(O)c1ccc(C)cc1. The van der Waals surface area contributed by atoms with Gasteiger partial charge in [-0.2, -0.15) is 0 Å². The summed E-state index contributed by atoms with van der Waals surface area (Å²) < 4.78 is 0. The molecule has 0 heterocycles. The van der Waals surface area contributed by atoms with Gasteiger partial charge >= 0.3 is 0 Å². The molecule has 1 aromatic rings. The molecule has 0 bridgehead atoms. The molecule has 2 nitrogen and oxygen atoms in total. The van der Waals surface area contributed by atoms with Crippen molar-refractivity contribution in [2.45, 2.75) is 32.9 Å². The Morgan fingerprint density at radius 1 is 1.29 bits per heavy atom. The summed E-state index contributed by atoms with van der Waals surface area (Å²) >= 11 is 0. The standard InChI is InChI=1S/C15H23NO/c1-5-10-16-14(11(2)3)15(17)13-8-6-12(4)7-9-13/h5-9,11,14-17H,1,10H2,2-4H3. The zero-order valence-electron chi connectivity index (χ0n) is 11.0. The third-order valence-electron chi connectivity index (χ3n) is 2.98. The minimum atomic E-state index is -0.476. The lowest BCUT2D eigenvalue weighted by atomic mass is 9.93. The minimum absolute atomic E-state index is 0.0516. The molecule has 0 aromatic heterocycles. The molecule has 0 saturated heterocycles. The van der Waals surface area contributed by atoms with Gasteiger partial charge in [0.05, 0.1) is 6.10 Å². The van der Waals surface area contributed by atoms with E-state index in [0.29, 0.717) is 12.5 Å². The molecule has 0 aliphatic heterocycles. The van der Waals surface area contributed by atoms with Crippen LogP contribution in [0.1, 0.15) is 31.1 Å². The van der Waals surface area contributed by atoms with Crippen molar-refractivity contribution < 1.29 is 5.11 Å². The summed E-state index contributed by atoms with van der Waals surface area (Å²) in [5.74, 6) is 0.367. The third kappa shape index (κ3) is 3.99. The fraction of sp³-hybridized carbons (Fsp3) is 0.467. The number of nitrogens with one attached hydrogen (secondary N) is 1. The van der Waals surface area contributed by atoms with Crippen molar-refractivity contribution in [1.29, 1.82) is 0 Å². The zero-order chi connectivity index (χ0) is 12.8. The van der Waals surface area contributed by atoms with E-state index >= 15 is 0 Å². The molecule has 0 fully saturated rings. The fourth-order valence-corrected chi connectivity index (χ4v) is 1.90. The Hall–Kier alpha value is -1.12. The van der Waals surface area contributed by atoms with Crippen LogP contribution >= 0.6 is 0 Å². The van der Waals surface area contributed by atoms with Crippen LogP contribution < -0.4 is 5.32 Å². The van der Waals surface area contributed by atoms with Crippen molar-refractivity contribution in [3.8, 4) is 0 Å². The topological polar surface area (TPSA) is 32.3 Å². The highest BCUT2D eigenvalue weighted by Gasteiger charge is 2.22. The first-order valence-corrected chi connectivity index (χ1v) is 6.15. The molecule has 0 saturated carbocycles. The quantitative estimate of drug-likeness (QED) is 0.741. The fourth-order valence-electron chi connectivity index (χ4n) is 1.90. The molecule has 0 amide bonds. The molecule has 1 aromatic carbocycles. The van der Waals surface area contributed by atoms with Gasteiger partial charge < -0.3 is 10.4 Å². The second-order valence-corrected chi connectivity index (χ2v) is 4.82. The maximum Gasteiger partial charge on any atom is 0.0945 e. The number of hydrogen-bond acceptors (Lipinski definition) is 2. The highest BCUT2D eigenvalue weighted by molar-refractivity contribution is 5.24. The molecular formula is C15H23NO. The van der Waals surface area contributed by atoms with Crippen LogP contribution in [0.15, 0.2) is 36.9 Å². The average molecular weight is 233 g/mol. The maximum absolute atomic E-state index is 10.4. The van der Waals surface area contributed by atoms with Gasteiger partial charge in [0.2, 0.25) is 0 Å². The summed E-state index contributed by atoms with van der Waals surface area (Å²) in [4.78, 5) is 0. The Morgan fingerprint density at radius 3 is 2.35 bits per heavy atom. The number of benzene rings is 1. The van der Waals surface area contributed by atoms with Crippen molar-refractivity contribution in [2.24, 2.45) is 5.92 Å². The summed E-state index contributed by atoms with van der Waals surface area (Å²) in [5.41, 5.74) is 2.17. The number of aliphatic hydroxyl groups is 1. The van der Waals surface area contributed by atoms with E-state index in [2.05, 4.69) is 25.7 Å². The van der Waals surface area contributed by atoms with Crippen molar-refractivity contribution in [2.75, 3.05) is 6.54 Å². The van der Waals surface area contributed by atoms with Crippen LogP contribution in [0, 0.1) is 12.8 Å². The van der Waals surface area contributed by atoms with E-state index in [-0.39, 0.29) is 6.04 Å². The van der Waals surface area contributed by atoms with Gasteiger partial charge in [-0.05, 0) is 18.4 Å². The summed E-state index contributed by atoms with van der Waals surface area (Å²) in [6.45, 7) is 10.7. The van der Waals surface area contributed by atoms with Crippen molar-refractivity contribution in [3.63, 3.8) is 0 Å². The third-order valence-corrected chi connectivity index (χ3v) is 2.98. The average Bonchev–Trinajstić information content (AvgIpc) is 2.29. The molecule has 2 heteroatoms. The molecular weight excluding hydrogens is 210 g/mol. The summed E-state index contributed by atoms with van der Waals surface area (Å²) in [6.07, 6.45) is 1.34. The van der Waals surface area contributed by atoms with Gasteiger partial charge in [-0.15, -0.1) is 6.58 Å². The first-order valence-electron chi connectivity index (χ1n) is 6.15. The van der Waals surface area contributed by atoms with E-state index in [4.69, 9.17) is 0 Å². The van der Waals surface area contributed by atoms with E-state index in [1.807, 2.05) is 37.3 Å². The summed E-state index contributed by atoms with van der Waals surface area (Å²) in [7, 11) is 0. The normalized spacial score (nSPS) is 14.6. The molecule has 94 valence electrons. The lowest BCUT2D eigenvalue weighted by Crippen LogP contribution is -2.39. The van der Waals surface area contributed by atoms with E-state index in [1.54, 1.807) is 0 Å². The van der Waals surface area contributed by atoms with Crippen molar-refractivity contribution in [1.82, 2.24) is 5.32 Å². The van der Waals surface area contributed by atoms with Crippen LogP contribution in [0.25, 0.3) is 0 Å². The minimum Gasteiger partial charge on any atom is -0.387 e. The van der Waals surface area contributed by atoms with Crippen LogP contribution in [0.4, 0.5) is 0 Å². The van der Waals surface area contributed by atoms with Gasteiger partial charge in [-0.1, -0.05) is 49.8 Å². The molecule has 2 unspecified atom stereocenters. The van der Waals surface area contributed by atoms with Gasteiger partial charge in [0.25, 0.3) is 0 Å². The number of aryl methyl sites for hydroxylation is 1.